The zero-order valence-corrected chi connectivity index (χ0v) is 11.3. The maximum absolute atomic E-state index is 13.6. The Morgan fingerprint density at radius 1 is 1.42 bits per heavy atom. The maximum Gasteiger partial charge on any atom is 0.143 e. The normalized spacial score (nSPS) is 16.4. The molecule has 2 rings (SSSR count). The Kier molecular flexibility index (Phi) is 4.75. The van der Waals surface area contributed by atoms with E-state index in [0.717, 1.165) is 44.7 Å². The van der Waals surface area contributed by atoms with Crippen molar-refractivity contribution in [1.29, 1.82) is 5.26 Å². The molecule has 102 valence electrons. The second kappa shape index (κ2) is 6.53. The maximum atomic E-state index is 13.6. The van der Waals surface area contributed by atoms with E-state index in [0.29, 0.717) is 5.92 Å². The fourth-order valence-corrected chi connectivity index (χ4v) is 2.61. The number of rotatable bonds is 4. The van der Waals surface area contributed by atoms with Gasteiger partial charge in [-0.2, -0.15) is 5.26 Å². The SMILES string of the molecule is CCNCC1CCN(c2cccc(F)c2C#N)CC1. The summed E-state index contributed by atoms with van der Waals surface area (Å²) in [6, 6.07) is 6.84. The first-order chi connectivity index (χ1) is 9.26. The Morgan fingerprint density at radius 3 is 2.79 bits per heavy atom. The minimum atomic E-state index is -0.422. The van der Waals surface area contributed by atoms with E-state index in [1.54, 1.807) is 6.07 Å². The van der Waals surface area contributed by atoms with Crippen molar-refractivity contribution in [3.05, 3.63) is 29.6 Å². The van der Waals surface area contributed by atoms with E-state index in [9.17, 15) is 4.39 Å². The summed E-state index contributed by atoms with van der Waals surface area (Å²) in [5, 5.41) is 12.4. The van der Waals surface area contributed by atoms with Crippen LogP contribution in [0.2, 0.25) is 0 Å². The number of anilines is 1. The van der Waals surface area contributed by atoms with Gasteiger partial charge in [-0.3, -0.25) is 0 Å². The van der Waals surface area contributed by atoms with Crippen molar-refractivity contribution in [2.75, 3.05) is 31.1 Å². The first-order valence-corrected chi connectivity index (χ1v) is 6.90. The molecule has 0 unspecified atom stereocenters. The monoisotopic (exact) mass is 261 g/mol. The molecule has 1 aromatic rings. The molecule has 0 aromatic heterocycles. The number of nitrogens with zero attached hydrogens (tertiary/aromatic N) is 2. The average molecular weight is 261 g/mol. The molecule has 0 atom stereocenters. The van der Waals surface area contributed by atoms with E-state index < -0.39 is 5.82 Å². The van der Waals surface area contributed by atoms with Crippen molar-refractivity contribution in [3.63, 3.8) is 0 Å². The molecule has 1 aromatic carbocycles. The van der Waals surface area contributed by atoms with Crippen LogP contribution in [0.3, 0.4) is 0 Å². The van der Waals surface area contributed by atoms with E-state index in [2.05, 4.69) is 17.1 Å². The quantitative estimate of drug-likeness (QED) is 0.905. The standard InChI is InChI=1S/C15H20FN3/c1-2-18-11-12-6-8-19(9-7-12)15-5-3-4-14(16)13(15)10-17/h3-5,12,18H,2,6-9,11H2,1H3. The van der Waals surface area contributed by atoms with Crippen molar-refractivity contribution < 1.29 is 4.39 Å². The molecule has 1 aliphatic rings. The van der Waals surface area contributed by atoms with Crippen molar-refractivity contribution >= 4 is 5.69 Å². The van der Waals surface area contributed by atoms with E-state index in [1.165, 1.54) is 6.07 Å². The lowest BCUT2D eigenvalue weighted by atomic mass is 9.96. The molecule has 1 saturated heterocycles. The molecule has 1 heterocycles. The van der Waals surface area contributed by atoms with E-state index in [1.807, 2.05) is 12.1 Å². The van der Waals surface area contributed by atoms with Crippen molar-refractivity contribution in [2.24, 2.45) is 5.92 Å². The van der Waals surface area contributed by atoms with Crippen LogP contribution in [0.1, 0.15) is 25.3 Å². The van der Waals surface area contributed by atoms with Gasteiger partial charge in [0.05, 0.1) is 5.69 Å². The summed E-state index contributed by atoms with van der Waals surface area (Å²) >= 11 is 0. The fourth-order valence-electron chi connectivity index (χ4n) is 2.61. The van der Waals surface area contributed by atoms with E-state index >= 15 is 0 Å². The van der Waals surface area contributed by atoms with Crippen LogP contribution in [0.15, 0.2) is 18.2 Å². The van der Waals surface area contributed by atoms with Gasteiger partial charge in [-0.25, -0.2) is 4.39 Å². The number of nitriles is 1. The van der Waals surface area contributed by atoms with Gasteiger partial charge in [0.25, 0.3) is 0 Å². The molecule has 0 spiro atoms. The molecule has 3 nitrogen and oxygen atoms in total. The van der Waals surface area contributed by atoms with Crippen LogP contribution < -0.4 is 10.2 Å². The number of halogens is 1. The highest BCUT2D eigenvalue weighted by atomic mass is 19.1. The van der Waals surface area contributed by atoms with Gasteiger partial charge < -0.3 is 10.2 Å². The summed E-state index contributed by atoms with van der Waals surface area (Å²) in [6.07, 6.45) is 2.18. The molecule has 0 amide bonds. The Labute approximate surface area is 114 Å². The Balaban J connectivity index is 2.02. The molecule has 0 radical (unpaired) electrons. The van der Waals surface area contributed by atoms with Crippen molar-refractivity contribution in [1.82, 2.24) is 5.32 Å². The van der Waals surface area contributed by atoms with Gasteiger partial charge in [0.1, 0.15) is 17.4 Å². The predicted octanol–water partition coefficient (Wildman–Crippen LogP) is 2.52. The highest BCUT2D eigenvalue weighted by Crippen LogP contribution is 2.27. The third-order valence-corrected chi connectivity index (χ3v) is 3.74. The number of piperidine rings is 1. The van der Waals surface area contributed by atoms with Gasteiger partial charge in [-0.1, -0.05) is 13.0 Å². The summed E-state index contributed by atoms with van der Waals surface area (Å²) in [7, 11) is 0. The van der Waals surface area contributed by atoms with E-state index in [-0.39, 0.29) is 5.56 Å². The smallest absolute Gasteiger partial charge is 0.143 e. The highest BCUT2D eigenvalue weighted by Gasteiger charge is 2.21. The predicted molar refractivity (Wildman–Crippen MR) is 74.6 cm³/mol. The molecule has 0 aliphatic carbocycles. The van der Waals surface area contributed by atoms with Gasteiger partial charge >= 0.3 is 0 Å². The lowest BCUT2D eigenvalue weighted by Gasteiger charge is -2.34. The Hall–Kier alpha value is -1.60. The summed E-state index contributed by atoms with van der Waals surface area (Å²) < 4.78 is 13.6. The lowest BCUT2D eigenvalue weighted by Crippen LogP contribution is -2.37. The average Bonchev–Trinajstić information content (AvgIpc) is 2.45. The minimum absolute atomic E-state index is 0.174. The number of hydrogen-bond donors (Lipinski definition) is 1. The van der Waals surface area contributed by atoms with E-state index in [4.69, 9.17) is 5.26 Å². The van der Waals surface area contributed by atoms with Crippen molar-refractivity contribution in [2.45, 2.75) is 19.8 Å². The van der Waals surface area contributed by atoms with Crippen LogP contribution in [-0.2, 0) is 0 Å². The Morgan fingerprint density at radius 2 is 2.16 bits per heavy atom. The molecule has 4 heteroatoms. The van der Waals surface area contributed by atoms with Gasteiger partial charge in [0.15, 0.2) is 0 Å². The summed E-state index contributed by atoms with van der Waals surface area (Å²) in [5.74, 6) is 0.269. The van der Waals surface area contributed by atoms with Gasteiger partial charge in [-0.15, -0.1) is 0 Å². The molecule has 1 N–H and O–H groups in total. The molecule has 0 bridgehead atoms. The fraction of sp³-hybridized carbons (Fsp3) is 0.533. The Bertz CT molecular complexity index is 459. The molecule has 0 saturated carbocycles. The molecule has 1 aliphatic heterocycles. The van der Waals surface area contributed by atoms with Gasteiger partial charge in [-0.05, 0) is 44.0 Å². The molecule has 19 heavy (non-hydrogen) atoms. The van der Waals surface area contributed by atoms with Crippen LogP contribution in [0, 0.1) is 23.1 Å². The third-order valence-electron chi connectivity index (χ3n) is 3.74. The summed E-state index contributed by atoms with van der Waals surface area (Å²) in [5.41, 5.74) is 0.914. The van der Waals surface area contributed by atoms with Crippen LogP contribution in [-0.4, -0.2) is 26.2 Å². The van der Waals surface area contributed by atoms with Gasteiger partial charge in [0.2, 0.25) is 0 Å². The highest BCUT2D eigenvalue weighted by molar-refractivity contribution is 5.60. The van der Waals surface area contributed by atoms with Crippen LogP contribution in [0.4, 0.5) is 10.1 Å². The van der Waals surface area contributed by atoms with Crippen LogP contribution in [0.5, 0.6) is 0 Å². The minimum Gasteiger partial charge on any atom is -0.370 e. The number of hydrogen-bond acceptors (Lipinski definition) is 3. The zero-order chi connectivity index (χ0) is 13.7. The first-order valence-electron chi connectivity index (χ1n) is 6.90. The second-order valence-electron chi connectivity index (χ2n) is 4.98. The third kappa shape index (κ3) is 3.24. The summed E-state index contributed by atoms with van der Waals surface area (Å²) in [4.78, 5) is 2.13. The summed E-state index contributed by atoms with van der Waals surface area (Å²) in [6.45, 7) is 5.96. The lowest BCUT2D eigenvalue weighted by molar-refractivity contribution is 0.386. The zero-order valence-electron chi connectivity index (χ0n) is 11.3. The molecular weight excluding hydrogens is 241 g/mol. The topological polar surface area (TPSA) is 39.1 Å². The largest absolute Gasteiger partial charge is 0.370 e. The van der Waals surface area contributed by atoms with Crippen LogP contribution in [0.25, 0.3) is 0 Å². The first kappa shape index (κ1) is 13.8. The van der Waals surface area contributed by atoms with Crippen molar-refractivity contribution in [3.8, 4) is 6.07 Å². The molecule has 1 fully saturated rings. The molecular formula is C15H20FN3. The van der Waals surface area contributed by atoms with Gasteiger partial charge in [0, 0.05) is 13.1 Å². The number of benzene rings is 1. The van der Waals surface area contributed by atoms with Crippen LogP contribution >= 0.6 is 0 Å². The second-order valence-corrected chi connectivity index (χ2v) is 4.98. The number of nitrogens with one attached hydrogen (secondary N) is 1.